The summed E-state index contributed by atoms with van der Waals surface area (Å²) in [5.41, 5.74) is 4.30. The number of fused-ring (bicyclic) bond motifs is 1. The Labute approximate surface area is 215 Å². The first-order valence-electron chi connectivity index (χ1n) is 11.8. The van der Waals surface area contributed by atoms with Gasteiger partial charge in [0.1, 0.15) is 11.5 Å². The van der Waals surface area contributed by atoms with E-state index in [4.69, 9.17) is 14.9 Å². The maximum absolute atomic E-state index is 13.3. The van der Waals surface area contributed by atoms with E-state index in [0.717, 1.165) is 41.1 Å². The van der Waals surface area contributed by atoms with Gasteiger partial charge in [0.2, 0.25) is 0 Å². The van der Waals surface area contributed by atoms with Gasteiger partial charge in [0.25, 0.3) is 5.91 Å². The summed E-state index contributed by atoms with van der Waals surface area (Å²) in [4.78, 5) is 32.9. The standard InChI is InChI=1S/C24H25N5O2.C2HF3O2/c1-17-26-21(16-28(17)14-18-6-4-9-25-13-18)23-12-20(22-8-2-3-11-29(22)23)24(31)27-10-5-7-19(30)15-27;3-2(4,5)1(6)7/h2-4,6,8-9,11-13,16,19,30H,5,7,10,14-15H2,1H3;(H,6,7). The molecule has 4 aromatic heterocycles. The lowest BCUT2D eigenvalue weighted by atomic mass is 10.1. The Morgan fingerprint density at radius 2 is 1.95 bits per heavy atom. The first kappa shape index (κ1) is 26.9. The third-order valence-electron chi connectivity index (χ3n) is 6.15. The first-order chi connectivity index (χ1) is 18.0. The molecule has 5 rings (SSSR count). The quantitative estimate of drug-likeness (QED) is 0.416. The Hall–Kier alpha value is -4.19. The highest BCUT2D eigenvalue weighted by Crippen LogP contribution is 2.28. The van der Waals surface area contributed by atoms with Crippen molar-refractivity contribution in [1.29, 1.82) is 0 Å². The number of aliphatic hydroxyl groups is 1. The summed E-state index contributed by atoms with van der Waals surface area (Å²) < 4.78 is 35.8. The van der Waals surface area contributed by atoms with E-state index in [0.29, 0.717) is 25.2 Å². The molecular weight excluding hydrogens is 503 g/mol. The largest absolute Gasteiger partial charge is 0.490 e. The SMILES string of the molecule is Cc1nc(-c2cc(C(=O)N3CCCC(O)C3)c3ccccn23)cn1Cc1cccnc1.O=C(O)C(F)(F)F. The van der Waals surface area contributed by atoms with Gasteiger partial charge in [-0.2, -0.15) is 13.2 Å². The van der Waals surface area contributed by atoms with Gasteiger partial charge in [-0.15, -0.1) is 0 Å². The molecule has 0 saturated carbocycles. The predicted octanol–water partition coefficient (Wildman–Crippen LogP) is 3.78. The number of aromatic nitrogens is 4. The normalized spacial score (nSPS) is 15.7. The molecule has 1 aliphatic rings. The van der Waals surface area contributed by atoms with Crippen LogP contribution in [-0.4, -0.2) is 71.3 Å². The molecule has 1 aliphatic heterocycles. The van der Waals surface area contributed by atoms with Crippen molar-refractivity contribution in [3.05, 3.63) is 78.1 Å². The monoisotopic (exact) mass is 529 g/mol. The van der Waals surface area contributed by atoms with E-state index in [9.17, 15) is 23.1 Å². The second-order valence-corrected chi connectivity index (χ2v) is 8.91. The summed E-state index contributed by atoms with van der Waals surface area (Å²) in [5, 5.41) is 17.1. The number of halogens is 3. The Morgan fingerprint density at radius 1 is 1.18 bits per heavy atom. The maximum atomic E-state index is 13.3. The molecule has 12 heteroatoms. The number of carboxylic acid groups (broad SMARTS) is 1. The number of alkyl halides is 3. The summed E-state index contributed by atoms with van der Waals surface area (Å²) in [6, 6.07) is 11.7. The van der Waals surface area contributed by atoms with Gasteiger partial charge in [0.15, 0.2) is 0 Å². The van der Waals surface area contributed by atoms with E-state index in [1.807, 2.05) is 66.3 Å². The number of amides is 1. The lowest BCUT2D eigenvalue weighted by Gasteiger charge is -2.30. The average Bonchev–Trinajstić information content (AvgIpc) is 3.44. The van der Waals surface area contributed by atoms with Gasteiger partial charge >= 0.3 is 12.1 Å². The van der Waals surface area contributed by atoms with Crippen LogP contribution in [0.15, 0.2) is 61.2 Å². The van der Waals surface area contributed by atoms with Gasteiger partial charge in [-0.3, -0.25) is 9.78 Å². The van der Waals surface area contributed by atoms with E-state index in [2.05, 4.69) is 9.55 Å². The van der Waals surface area contributed by atoms with Crippen molar-refractivity contribution in [1.82, 2.24) is 23.8 Å². The van der Waals surface area contributed by atoms with Crippen molar-refractivity contribution >= 4 is 17.4 Å². The molecule has 9 nitrogen and oxygen atoms in total. The van der Waals surface area contributed by atoms with Gasteiger partial charge in [0, 0.05) is 37.9 Å². The molecule has 1 amide bonds. The number of nitrogens with zero attached hydrogens (tertiary/aromatic N) is 5. The minimum atomic E-state index is -5.08. The number of carboxylic acids is 1. The fraction of sp³-hybridized carbons (Fsp3) is 0.308. The van der Waals surface area contributed by atoms with Crippen molar-refractivity contribution in [2.45, 2.75) is 38.6 Å². The smallest absolute Gasteiger partial charge is 0.475 e. The van der Waals surface area contributed by atoms with Crippen LogP contribution in [-0.2, 0) is 11.3 Å². The number of aryl methyl sites for hydroxylation is 1. The lowest BCUT2D eigenvalue weighted by Crippen LogP contribution is -2.42. The number of imidazole rings is 1. The number of rotatable bonds is 4. The number of piperidine rings is 1. The Bertz CT molecular complexity index is 1430. The number of likely N-dealkylation sites (tertiary alicyclic amines) is 1. The predicted molar refractivity (Wildman–Crippen MR) is 132 cm³/mol. The molecule has 0 bridgehead atoms. The molecule has 1 saturated heterocycles. The molecule has 1 atom stereocenters. The van der Waals surface area contributed by atoms with Crippen LogP contribution in [0.4, 0.5) is 13.2 Å². The van der Waals surface area contributed by atoms with Crippen molar-refractivity contribution < 1.29 is 33.0 Å². The number of hydrogen-bond donors (Lipinski definition) is 2. The van der Waals surface area contributed by atoms with Crippen LogP contribution < -0.4 is 0 Å². The number of hydrogen-bond acceptors (Lipinski definition) is 5. The molecule has 1 unspecified atom stereocenters. The second-order valence-electron chi connectivity index (χ2n) is 8.91. The third-order valence-corrected chi connectivity index (χ3v) is 6.15. The van der Waals surface area contributed by atoms with Crippen molar-refractivity contribution in [3.8, 4) is 11.4 Å². The molecule has 0 radical (unpaired) electrons. The van der Waals surface area contributed by atoms with E-state index < -0.39 is 18.2 Å². The molecule has 0 spiro atoms. The van der Waals surface area contributed by atoms with E-state index in [-0.39, 0.29) is 5.91 Å². The van der Waals surface area contributed by atoms with Crippen molar-refractivity contribution in [2.24, 2.45) is 0 Å². The van der Waals surface area contributed by atoms with Gasteiger partial charge in [-0.25, -0.2) is 9.78 Å². The minimum Gasteiger partial charge on any atom is -0.475 e. The Balaban J connectivity index is 0.000000426. The number of pyridine rings is 2. The number of carbonyl (C=O) groups excluding carboxylic acids is 1. The first-order valence-corrected chi connectivity index (χ1v) is 11.8. The lowest BCUT2D eigenvalue weighted by molar-refractivity contribution is -0.192. The Kier molecular flexibility index (Phi) is 7.81. The molecule has 0 aliphatic carbocycles. The zero-order chi connectivity index (χ0) is 27.4. The summed E-state index contributed by atoms with van der Waals surface area (Å²) in [7, 11) is 0. The molecule has 200 valence electrons. The maximum Gasteiger partial charge on any atom is 0.490 e. The van der Waals surface area contributed by atoms with E-state index >= 15 is 0 Å². The third kappa shape index (κ3) is 6.02. The van der Waals surface area contributed by atoms with Crippen LogP contribution in [0.5, 0.6) is 0 Å². The van der Waals surface area contributed by atoms with Crippen LogP contribution in [0.3, 0.4) is 0 Å². The summed E-state index contributed by atoms with van der Waals surface area (Å²) in [6.07, 6.45) is 3.65. The summed E-state index contributed by atoms with van der Waals surface area (Å²) >= 11 is 0. The molecule has 0 aromatic carbocycles. The van der Waals surface area contributed by atoms with Crippen molar-refractivity contribution in [2.75, 3.05) is 13.1 Å². The fourth-order valence-corrected chi connectivity index (χ4v) is 4.31. The highest BCUT2D eigenvalue weighted by atomic mass is 19.4. The summed E-state index contributed by atoms with van der Waals surface area (Å²) in [6.45, 7) is 3.73. The van der Waals surface area contributed by atoms with Gasteiger partial charge < -0.3 is 24.1 Å². The molecule has 4 aromatic rings. The molecule has 5 heterocycles. The van der Waals surface area contributed by atoms with Crippen LogP contribution in [0.25, 0.3) is 16.9 Å². The highest BCUT2D eigenvalue weighted by molar-refractivity contribution is 6.02. The van der Waals surface area contributed by atoms with Gasteiger partial charge in [-0.1, -0.05) is 12.1 Å². The second kappa shape index (κ2) is 11.1. The Morgan fingerprint density at radius 3 is 2.61 bits per heavy atom. The number of β-amino-alcohol motifs (C(OH)–C–C–N with tert-alkyl or cyclic N) is 1. The number of aliphatic hydroxyl groups excluding tert-OH is 1. The number of carbonyl (C=O) groups is 2. The zero-order valence-corrected chi connectivity index (χ0v) is 20.5. The highest BCUT2D eigenvalue weighted by Gasteiger charge is 2.38. The van der Waals surface area contributed by atoms with Crippen LogP contribution in [0.1, 0.15) is 34.6 Å². The minimum absolute atomic E-state index is 0.0415. The van der Waals surface area contributed by atoms with E-state index in [1.165, 1.54) is 0 Å². The van der Waals surface area contributed by atoms with Crippen LogP contribution >= 0.6 is 0 Å². The van der Waals surface area contributed by atoms with Gasteiger partial charge in [-0.05, 0) is 49.6 Å². The van der Waals surface area contributed by atoms with E-state index in [1.54, 1.807) is 11.1 Å². The topological polar surface area (TPSA) is 113 Å². The van der Waals surface area contributed by atoms with Crippen molar-refractivity contribution in [3.63, 3.8) is 0 Å². The molecule has 1 fully saturated rings. The molecule has 2 N–H and O–H groups in total. The summed E-state index contributed by atoms with van der Waals surface area (Å²) in [5.74, 6) is -1.90. The molecular formula is C26H26F3N5O4. The zero-order valence-electron chi connectivity index (χ0n) is 20.5. The van der Waals surface area contributed by atoms with Gasteiger partial charge in [0.05, 0.1) is 29.4 Å². The fourth-order valence-electron chi connectivity index (χ4n) is 4.31. The molecule has 38 heavy (non-hydrogen) atoms. The average molecular weight is 530 g/mol. The number of aliphatic carboxylic acids is 1. The van der Waals surface area contributed by atoms with Crippen LogP contribution in [0, 0.1) is 6.92 Å². The van der Waals surface area contributed by atoms with Crippen LogP contribution in [0.2, 0.25) is 0 Å².